The molecular formula is C18H22FN3O4S. The van der Waals surface area contributed by atoms with Crippen molar-refractivity contribution in [2.75, 3.05) is 26.2 Å². The molecule has 4 rings (SSSR count). The van der Waals surface area contributed by atoms with Gasteiger partial charge < -0.3 is 9.80 Å². The summed E-state index contributed by atoms with van der Waals surface area (Å²) < 4.78 is 39.7. The van der Waals surface area contributed by atoms with Crippen LogP contribution in [0.2, 0.25) is 0 Å². The van der Waals surface area contributed by atoms with Crippen LogP contribution in [-0.4, -0.2) is 71.8 Å². The summed E-state index contributed by atoms with van der Waals surface area (Å²) in [5.74, 6) is -0.792. The SMILES string of the molecule is O=C1C2CN(S(=O)(=O)C3CC3)CCCN2C(=O)CN1Cc1ccc(F)cc1. The van der Waals surface area contributed by atoms with E-state index in [1.165, 1.54) is 26.2 Å². The lowest BCUT2D eigenvalue weighted by Gasteiger charge is -2.40. The van der Waals surface area contributed by atoms with Crippen LogP contribution in [0, 0.1) is 5.82 Å². The molecule has 3 fully saturated rings. The van der Waals surface area contributed by atoms with Gasteiger partial charge in [-0.1, -0.05) is 12.1 Å². The molecule has 0 N–H and O–H groups in total. The van der Waals surface area contributed by atoms with Gasteiger partial charge in [-0.2, -0.15) is 4.31 Å². The number of sulfonamides is 1. The van der Waals surface area contributed by atoms with Gasteiger partial charge in [-0.05, 0) is 37.0 Å². The summed E-state index contributed by atoms with van der Waals surface area (Å²) in [6.45, 7) is 0.899. The van der Waals surface area contributed by atoms with Crippen LogP contribution in [0.15, 0.2) is 24.3 Å². The molecule has 0 radical (unpaired) electrons. The molecule has 1 aromatic rings. The Morgan fingerprint density at radius 2 is 1.78 bits per heavy atom. The standard InChI is InChI=1S/C18H22FN3O4S/c19-14-4-2-13(3-5-14)10-20-12-17(23)22-9-1-8-21(11-16(22)18(20)24)27(25,26)15-6-7-15/h2-5,15-16H,1,6-12H2. The molecule has 2 heterocycles. The Morgan fingerprint density at radius 1 is 1.07 bits per heavy atom. The van der Waals surface area contributed by atoms with E-state index in [1.807, 2.05) is 0 Å². The zero-order chi connectivity index (χ0) is 19.2. The number of piperazine rings is 1. The normalized spacial score (nSPS) is 24.7. The summed E-state index contributed by atoms with van der Waals surface area (Å²) in [6.07, 6.45) is 1.85. The average Bonchev–Trinajstić information content (AvgIpc) is 3.47. The van der Waals surface area contributed by atoms with Gasteiger partial charge in [0, 0.05) is 26.2 Å². The van der Waals surface area contributed by atoms with Crippen LogP contribution in [-0.2, 0) is 26.2 Å². The molecule has 146 valence electrons. The highest BCUT2D eigenvalue weighted by Gasteiger charge is 2.46. The van der Waals surface area contributed by atoms with Crippen molar-refractivity contribution in [2.24, 2.45) is 0 Å². The van der Waals surface area contributed by atoms with Crippen LogP contribution >= 0.6 is 0 Å². The predicted octanol–water partition coefficient (Wildman–Crippen LogP) is 0.563. The van der Waals surface area contributed by atoms with E-state index in [1.54, 1.807) is 12.1 Å². The smallest absolute Gasteiger partial charge is 0.247 e. The van der Waals surface area contributed by atoms with E-state index in [0.717, 1.165) is 5.56 Å². The monoisotopic (exact) mass is 395 g/mol. The van der Waals surface area contributed by atoms with E-state index in [0.29, 0.717) is 32.4 Å². The Balaban J connectivity index is 1.54. The Kier molecular flexibility index (Phi) is 4.67. The molecule has 3 aliphatic rings. The minimum atomic E-state index is -3.40. The maximum absolute atomic E-state index is 13.1. The van der Waals surface area contributed by atoms with E-state index in [9.17, 15) is 22.4 Å². The fourth-order valence-electron chi connectivity index (χ4n) is 3.76. The highest BCUT2D eigenvalue weighted by Crippen LogP contribution is 2.32. The summed E-state index contributed by atoms with van der Waals surface area (Å²) in [6, 6.07) is 5.00. The third-order valence-electron chi connectivity index (χ3n) is 5.39. The number of carbonyl (C=O) groups is 2. The lowest BCUT2D eigenvalue weighted by atomic mass is 10.1. The maximum Gasteiger partial charge on any atom is 0.247 e. The van der Waals surface area contributed by atoms with E-state index in [2.05, 4.69) is 0 Å². The van der Waals surface area contributed by atoms with Gasteiger partial charge in [-0.25, -0.2) is 12.8 Å². The first-order valence-electron chi connectivity index (χ1n) is 9.18. The van der Waals surface area contributed by atoms with Crippen molar-refractivity contribution < 1.29 is 22.4 Å². The van der Waals surface area contributed by atoms with E-state index in [-0.39, 0.29) is 42.5 Å². The van der Waals surface area contributed by atoms with Gasteiger partial charge in [-0.3, -0.25) is 9.59 Å². The average molecular weight is 395 g/mol. The first-order chi connectivity index (χ1) is 12.9. The second-order valence-corrected chi connectivity index (χ2v) is 9.59. The van der Waals surface area contributed by atoms with Crippen molar-refractivity contribution in [3.05, 3.63) is 35.6 Å². The molecule has 2 amide bonds. The predicted molar refractivity (Wildman–Crippen MR) is 95.4 cm³/mol. The minimum Gasteiger partial charge on any atom is -0.328 e. The molecule has 0 spiro atoms. The first-order valence-corrected chi connectivity index (χ1v) is 10.7. The summed E-state index contributed by atoms with van der Waals surface area (Å²) >= 11 is 0. The lowest BCUT2D eigenvalue weighted by molar-refractivity contribution is -0.156. The number of carbonyl (C=O) groups excluding carboxylic acids is 2. The molecule has 1 unspecified atom stereocenters. The summed E-state index contributed by atoms with van der Waals surface area (Å²) in [7, 11) is -3.40. The van der Waals surface area contributed by atoms with Gasteiger partial charge in [0.2, 0.25) is 21.8 Å². The van der Waals surface area contributed by atoms with Crippen molar-refractivity contribution in [3.63, 3.8) is 0 Å². The number of fused-ring (bicyclic) bond motifs is 1. The van der Waals surface area contributed by atoms with Crippen molar-refractivity contribution in [3.8, 4) is 0 Å². The van der Waals surface area contributed by atoms with Crippen molar-refractivity contribution in [1.82, 2.24) is 14.1 Å². The molecule has 7 nitrogen and oxygen atoms in total. The number of nitrogens with zero attached hydrogens (tertiary/aromatic N) is 3. The van der Waals surface area contributed by atoms with Crippen LogP contribution in [0.1, 0.15) is 24.8 Å². The number of hydrogen-bond donors (Lipinski definition) is 0. The van der Waals surface area contributed by atoms with Gasteiger partial charge in [0.25, 0.3) is 0 Å². The Morgan fingerprint density at radius 3 is 2.44 bits per heavy atom. The van der Waals surface area contributed by atoms with Gasteiger partial charge in [0.1, 0.15) is 18.4 Å². The molecule has 1 saturated carbocycles. The van der Waals surface area contributed by atoms with Crippen LogP contribution in [0.3, 0.4) is 0 Å². The summed E-state index contributed by atoms with van der Waals surface area (Å²) in [5, 5.41) is -0.339. The Hall–Kier alpha value is -2.00. The highest BCUT2D eigenvalue weighted by atomic mass is 32.2. The van der Waals surface area contributed by atoms with Gasteiger partial charge in [0.15, 0.2) is 0 Å². The van der Waals surface area contributed by atoms with E-state index < -0.39 is 16.1 Å². The van der Waals surface area contributed by atoms with Crippen LogP contribution in [0.25, 0.3) is 0 Å². The van der Waals surface area contributed by atoms with Crippen molar-refractivity contribution in [1.29, 1.82) is 0 Å². The number of halogens is 1. The topological polar surface area (TPSA) is 78.0 Å². The minimum absolute atomic E-state index is 0.0172. The summed E-state index contributed by atoms with van der Waals surface area (Å²) in [4.78, 5) is 28.6. The van der Waals surface area contributed by atoms with E-state index in [4.69, 9.17) is 0 Å². The zero-order valence-electron chi connectivity index (χ0n) is 14.9. The molecular weight excluding hydrogens is 373 g/mol. The largest absolute Gasteiger partial charge is 0.328 e. The molecule has 9 heteroatoms. The molecule has 1 aliphatic carbocycles. The molecule has 27 heavy (non-hydrogen) atoms. The Labute approximate surface area is 157 Å². The third-order valence-corrected chi connectivity index (χ3v) is 7.76. The fraction of sp³-hybridized carbons (Fsp3) is 0.556. The van der Waals surface area contributed by atoms with Crippen LogP contribution in [0.4, 0.5) is 4.39 Å². The quantitative estimate of drug-likeness (QED) is 0.747. The fourth-order valence-corrected chi connectivity index (χ4v) is 5.65. The maximum atomic E-state index is 13.1. The lowest BCUT2D eigenvalue weighted by Crippen LogP contribution is -2.61. The number of amides is 2. The van der Waals surface area contributed by atoms with Crippen LogP contribution in [0.5, 0.6) is 0 Å². The second kappa shape index (κ2) is 6.87. The Bertz CT molecular complexity index is 854. The van der Waals surface area contributed by atoms with Gasteiger partial charge in [-0.15, -0.1) is 0 Å². The molecule has 1 atom stereocenters. The summed E-state index contributed by atoms with van der Waals surface area (Å²) in [5.41, 5.74) is 0.724. The molecule has 0 aromatic heterocycles. The molecule has 0 bridgehead atoms. The molecule has 2 aliphatic heterocycles. The van der Waals surface area contributed by atoms with Gasteiger partial charge in [0.05, 0.1) is 5.25 Å². The number of benzene rings is 1. The van der Waals surface area contributed by atoms with Crippen LogP contribution < -0.4 is 0 Å². The first kappa shape index (κ1) is 18.4. The van der Waals surface area contributed by atoms with Crippen molar-refractivity contribution >= 4 is 21.8 Å². The molecule has 1 aromatic carbocycles. The third kappa shape index (κ3) is 3.58. The van der Waals surface area contributed by atoms with Gasteiger partial charge >= 0.3 is 0 Å². The molecule has 2 saturated heterocycles. The second-order valence-electron chi connectivity index (χ2n) is 7.38. The number of hydrogen-bond acceptors (Lipinski definition) is 4. The zero-order valence-corrected chi connectivity index (χ0v) is 15.7. The number of rotatable bonds is 4. The van der Waals surface area contributed by atoms with E-state index >= 15 is 0 Å². The van der Waals surface area contributed by atoms with Crippen molar-refractivity contribution in [2.45, 2.75) is 37.1 Å². The highest BCUT2D eigenvalue weighted by molar-refractivity contribution is 7.90.